The second-order valence-electron chi connectivity index (χ2n) is 4.17. The van der Waals surface area contributed by atoms with Crippen molar-refractivity contribution in [3.8, 4) is 0 Å². The second-order valence-corrected chi connectivity index (χ2v) is 6.01. The fourth-order valence-corrected chi connectivity index (χ4v) is 3.71. The van der Waals surface area contributed by atoms with Crippen molar-refractivity contribution < 1.29 is 5.11 Å². The number of nitrogen functional groups attached to an aromatic ring is 1. The number of fused-ring (bicyclic) bond motifs is 1. The Morgan fingerprint density at radius 3 is 3.06 bits per heavy atom. The van der Waals surface area contributed by atoms with Crippen LogP contribution in [0.1, 0.15) is 18.2 Å². The van der Waals surface area contributed by atoms with Gasteiger partial charge in [-0.15, -0.1) is 11.8 Å². The third kappa shape index (κ3) is 1.92. The molecule has 3 rings (SSSR count). The minimum atomic E-state index is 0.149. The van der Waals surface area contributed by atoms with E-state index in [1.807, 2.05) is 4.57 Å². The van der Waals surface area contributed by atoms with Crippen LogP contribution in [0.2, 0.25) is 5.15 Å². The van der Waals surface area contributed by atoms with Crippen molar-refractivity contribution in [2.24, 2.45) is 0 Å². The quantitative estimate of drug-likeness (QED) is 0.812. The maximum atomic E-state index is 9.17. The summed E-state index contributed by atoms with van der Waals surface area (Å²) in [6.07, 6.45) is 3.67. The highest BCUT2D eigenvalue weighted by molar-refractivity contribution is 8.00. The smallest absolute Gasteiger partial charge is 0.223 e. The lowest BCUT2D eigenvalue weighted by Gasteiger charge is -2.12. The van der Waals surface area contributed by atoms with Gasteiger partial charge in [0.15, 0.2) is 10.8 Å². The molecule has 1 saturated heterocycles. The molecule has 96 valence electrons. The molecular formula is C10H12ClN5OS. The first kappa shape index (κ1) is 12.0. The highest BCUT2D eigenvalue weighted by Gasteiger charge is 2.27. The zero-order valence-corrected chi connectivity index (χ0v) is 11.0. The molecule has 6 nitrogen and oxygen atoms in total. The zero-order chi connectivity index (χ0) is 12.7. The lowest BCUT2D eigenvalue weighted by Crippen LogP contribution is -2.05. The van der Waals surface area contributed by atoms with Crippen LogP contribution in [0.3, 0.4) is 0 Å². The molecule has 1 aliphatic rings. The molecule has 0 spiro atoms. The Morgan fingerprint density at radius 2 is 2.33 bits per heavy atom. The summed E-state index contributed by atoms with van der Waals surface area (Å²) in [5.74, 6) is 0.149. The second kappa shape index (κ2) is 4.56. The number of imidazole rings is 1. The van der Waals surface area contributed by atoms with Gasteiger partial charge in [-0.25, -0.2) is 4.98 Å². The van der Waals surface area contributed by atoms with Gasteiger partial charge < -0.3 is 15.4 Å². The van der Waals surface area contributed by atoms with Crippen molar-refractivity contribution in [1.82, 2.24) is 19.5 Å². The molecule has 0 bridgehead atoms. The minimum Gasteiger partial charge on any atom is -0.395 e. The van der Waals surface area contributed by atoms with Gasteiger partial charge in [0.25, 0.3) is 0 Å². The monoisotopic (exact) mass is 285 g/mol. The Morgan fingerprint density at radius 1 is 1.50 bits per heavy atom. The van der Waals surface area contributed by atoms with Gasteiger partial charge in [-0.05, 0) is 12.8 Å². The average molecular weight is 286 g/mol. The molecule has 0 amide bonds. The molecule has 0 unspecified atom stereocenters. The Labute approximate surface area is 113 Å². The number of halogens is 1. The van der Waals surface area contributed by atoms with E-state index in [2.05, 4.69) is 15.0 Å². The molecule has 0 aromatic carbocycles. The van der Waals surface area contributed by atoms with Gasteiger partial charge in [-0.2, -0.15) is 9.97 Å². The maximum Gasteiger partial charge on any atom is 0.223 e. The number of aliphatic hydroxyl groups is 1. The van der Waals surface area contributed by atoms with Crippen LogP contribution < -0.4 is 5.73 Å². The molecule has 18 heavy (non-hydrogen) atoms. The van der Waals surface area contributed by atoms with Gasteiger partial charge in [-0.3, -0.25) is 0 Å². The van der Waals surface area contributed by atoms with Crippen LogP contribution in [0.4, 0.5) is 5.95 Å². The summed E-state index contributed by atoms with van der Waals surface area (Å²) in [6, 6.07) is 0. The predicted molar refractivity (Wildman–Crippen MR) is 71.5 cm³/mol. The number of nitrogens with two attached hydrogens (primary N) is 1. The SMILES string of the molecule is Nc1nc(Cl)c2ncn([C@@H]3CC[C@H](CO)S3)c2n1. The molecule has 8 heteroatoms. The number of aromatic nitrogens is 4. The molecule has 0 radical (unpaired) electrons. The van der Waals surface area contributed by atoms with Crippen LogP contribution >= 0.6 is 23.4 Å². The first-order valence-electron chi connectivity index (χ1n) is 5.61. The van der Waals surface area contributed by atoms with E-state index in [-0.39, 0.29) is 28.3 Å². The highest BCUT2D eigenvalue weighted by Crippen LogP contribution is 2.42. The van der Waals surface area contributed by atoms with Gasteiger partial charge in [0.1, 0.15) is 5.52 Å². The Bertz CT molecular complexity index is 589. The molecule has 2 atom stereocenters. The standard InChI is InChI=1S/C10H12ClN5OS/c11-8-7-9(15-10(12)14-8)16(4-13-7)6-2-1-5(3-17)18-6/h4-6,17H,1-3H2,(H2,12,14,15)/t5-,6+/m1/s1. The number of aliphatic hydroxyl groups excluding tert-OH is 1. The first-order chi connectivity index (χ1) is 8.69. The van der Waals surface area contributed by atoms with E-state index in [4.69, 9.17) is 17.3 Å². The van der Waals surface area contributed by atoms with Crippen LogP contribution in [0.15, 0.2) is 6.33 Å². The van der Waals surface area contributed by atoms with E-state index < -0.39 is 0 Å². The van der Waals surface area contributed by atoms with E-state index >= 15 is 0 Å². The molecule has 2 aromatic heterocycles. The van der Waals surface area contributed by atoms with Crippen molar-refractivity contribution in [2.75, 3.05) is 12.3 Å². The summed E-state index contributed by atoms with van der Waals surface area (Å²) in [5, 5.41) is 9.95. The van der Waals surface area contributed by atoms with Gasteiger partial charge >= 0.3 is 0 Å². The van der Waals surface area contributed by atoms with Crippen molar-refractivity contribution in [3.63, 3.8) is 0 Å². The van der Waals surface area contributed by atoms with Crippen LogP contribution in [-0.2, 0) is 0 Å². The van der Waals surface area contributed by atoms with Crippen LogP contribution in [0.5, 0.6) is 0 Å². The van der Waals surface area contributed by atoms with Crippen LogP contribution in [0, 0.1) is 0 Å². The Hall–Kier alpha value is -1.05. The Kier molecular flexibility index (Phi) is 3.04. The number of anilines is 1. The van der Waals surface area contributed by atoms with Crippen LogP contribution in [0.25, 0.3) is 11.2 Å². The summed E-state index contributed by atoms with van der Waals surface area (Å²) in [5.41, 5.74) is 6.83. The largest absolute Gasteiger partial charge is 0.395 e. The van der Waals surface area contributed by atoms with Crippen molar-refractivity contribution >= 4 is 40.5 Å². The zero-order valence-electron chi connectivity index (χ0n) is 9.45. The third-order valence-electron chi connectivity index (χ3n) is 3.00. The van der Waals surface area contributed by atoms with Crippen LogP contribution in [-0.4, -0.2) is 36.5 Å². The average Bonchev–Trinajstić information content (AvgIpc) is 2.93. The van der Waals surface area contributed by atoms with Gasteiger partial charge in [0, 0.05) is 5.25 Å². The normalized spacial score (nSPS) is 23.9. The fraction of sp³-hybridized carbons (Fsp3) is 0.500. The van der Waals surface area contributed by atoms with Crippen molar-refractivity contribution in [3.05, 3.63) is 11.5 Å². The summed E-state index contributed by atoms with van der Waals surface area (Å²) in [7, 11) is 0. The van der Waals surface area contributed by atoms with Crippen molar-refractivity contribution in [1.29, 1.82) is 0 Å². The van der Waals surface area contributed by atoms with Gasteiger partial charge in [0.05, 0.1) is 18.3 Å². The van der Waals surface area contributed by atoms with E-state index in [0.29, 0.717) is 11.2 Å². The lowest BCUT2D eigenvalue weighted by molar-refractivity contribution is 0.292. The third-order valence-corrected chi connectivity index (χ3v) is 4.81. The predicted octanol–water partition coefficient (Wildman–Crippen LogP) is 1.45. The molecule has 0 aliphatic carbocycles. The number of rotatable bonds is 2. The molecule has 1 fully saturated rings. The molecule has 1 aliphatic heterocycles. The topological polar surface area (TPSA) is 89.8 Å². The van der Waals surface area contributed by atoms with E-state index in [9.17, 15) is 5.11 Å². The van der Waals surface area contributed by atoms with E-state index in [1.54, 1.807) is 18.1 Å². The highest BCUT2D eigenvalue weighted by atomic mass is 35.5. The fourth-order valence-electron chi connectivity index (χ4n) is 2.13. The number of nitrogens with zero attached hydrogens (tertiary/aromatic N) is 4. The number of hydrogen-bond acceptors (Lipinski definition) is 6. The molecule has 2 aromatic rings. The molecular weight excluding hydrogens is 274 g/mol. The Balaban J connectivity index is 2.03. The summed E-state index contributed by atoms with van der Waals surface area (Å²) >= 11 is 7.71. The minimum absolute atomic E-state index is 0.149. The maximum absolute atomic E-state index is 9.17. The van der Waals surface area contributed by atoms with Gasteiger partial charge in [-0.1, -0.05) is 11.6 Å². The lowest BCUT2D eigenvalue weighted by atomic mass is 10.2. The first-order valence-corrected chi connectivity index (χ1v) is 6.93. The molecule has 3 N–H and O–H groups in total. The summed E-state index contributed by atoms with van der Waals surface area (Å²) < 4.78 is 1.96. The van der Waals surface area contributed by atoms with E-state index in [0.717, 1.165) is 12.8 Å². The number of thioether (sulfide) groups is 1. The summed E-state index contributed by atoms with van der Waals surface area (Å²) in [6.45, 7) is 0.200. The van der Waals surface area contributed by atoms with E-state index in [1.165, 1.54) is 0 Å². The molecule has 0 saturated carbocycles. The van der Waals surface area contributed by atoms with Crippen molar-refractivity contribution in [2.45, 2.75) is 23.5 Å². The summed E-state index contributed by atoms with van der Waals surface area (Å²) in [4.78, 5) is 12.3. The number of hydrogen-bond donors (Lipinski definition) is 2. The molecule has 3 heterocycles. The van der Waals surface area contributed by atoms with Gasteiger partial charge in [0.2, 0.25) is 5.95 Å².